The standard InChI is InChI=1S/C14H18N4O2/c1-3-13-12(9-15)16-17-18(13)11-7-5-10(6-8-11)14(19)20-4-2/h5-8H,3-4,9,15H2,1-2H3. The van der Waals surface area contributed by atoms with Crippen molar-refractivity contribution in [2.24, 2.45) is 5.73 Å². The third kappa shape index (κ3) is 2.70. The lowest BCUT2D eigenvalue weighted by Gasteiger charge is -2.07. The fraction of sp³-hybridized carbons (Fsp3) is 0.357. The number of hydrogen-bond acceptors (Lipinski definition) is 5. The molecule has 0 amide bonds. The van der Waals surface area contributed by atoms with Crippen LogP contribution in [0.2, 0.25) is 0 Å². The smallest absolute Gasteiger partial charge is 0.338 e. The van der Waals surface area contributed by atoms with Crippen molar-refractivity contribution in [1.82, 2.24) is 15.0 Å². The molecule has 0 aliphatic rings. The maximum absolute atomic E-state index is 11.6. The van der Waals surface area contributed by atoms with Crippen LogP contribution in [-0.2, 0) is 17.7 Å². The second kappa shape index (κ2) is 6.29. The molecule has 0 radical (unpaired) electrons. The van der Waals surface area contributed by atoms with Gasteiger partial charge in [-0.3, -0.25) is 0 Å². The monoisotopic (exact) mass is 274 g/mol. The molecule has 1 heterocycles. The number of aromatic nitrogens is 3. The summed E-state index contributed by atoms with van der Waals surface area (Å²) in [6.07, 6.45) is 0.791. The molecule has 106 valence electrons. The van der Waals surface area contributed by atoms with Crippen molar-refractivity contribution in [3.05, 3.63) is 41.2 Å². The summed E-state index contributed by atoms with van der Waals surface area (Å²) < 4.78 is 6.70. The van der Waals surface area contributed by atoms with Gasteiger partial charge in [0, 0.05) is 6.54 Å². The summed E-state index contributed by atoms with van der Waals surface area (Å²) in [7, 11) is 0. The van der Waals surface area contributed by atoms with Crippen molar-refractivity contribution in [2.45, 2.75) is 26.8 Å². The largest absolute Gasteiger partial charge is 0.462 e. The fourth-order valence-corrected chi connectivity index (χ4v) is 2.01. The number of nitrogens with zero attached hydrogens (tertiary/aromatic N) is 3. The van der Waals surface area contributed by atoms with Gasteiger partial charge in [-0.2, -0.15) is 0 Å². The summed E-state index contributed by atoms with van der Waals surface area (Å²) in [6, 6.07) is 7.08. The van der Waals surface area contributed by atoms with Crippen LogP contribution in [0.25, 0.3) is 5.69 Å². The Morgan fingerprint density at radius 1 is 1.30 bits per heavy atom. The van der Waals surface area contributed by atoms with Crippen LogP contribution in [0.5, 0.6) is 0 Å². The van der Waals surface area contributed by atoms with Gasteiger partial charge in [-0.25, -0.2) is 9.48 Å². The molecule has 6 heteroatoms. The van der Waals surface area contributed by atoms with Gasteiger partial charge in [-0.05, 0) is 37.6 Å². The zero-order valence-electron chi connectivity index (χ0n) is 11.7. The minimum absolute atomic E-state index is 0.323. The molecule has 0 aliphatic heterocycles. The Morgan fingerprint density at radius 3 is 2.55 bits per heavy atom. The molecular formula is C14H18N4O2. The first-order chi connectivity index (χ1) is 9.71. The van der Waals surface area contributed by atoms with E-state index in [1.165, 1.54) is 0 Å². The molecule has 6 nitrogen and oxygen atoms in total. The van der Waals surface area contributed by atoms with Crippen LogP contribution in [0.15, 0.2) is 24.3 Å². The Bertz CT molecular complexity index is 590. The van der Waals surface area contributed by atoms with Crippen LogP contribution in [-0.4, -0.2) is 27.6 Å². The third-order valence-electron chi connectivity index (χ3n) is 2.99. The summed E-state index contributed by atoms with van der Waals surface area (Å²) in [5.41, 5.74) is 8.78. The number of nitrogens with two attached hydrogens (primary N) is 1. The highest BCUT2D eigenvalue weighted by Crippen LogP contribution is 2.15. The van der Waals surface area contributed by atoms with E-state index in [9.17, 15) is 4.79 Å². The molecular weight excluding hydrogens is 256 g/mol. The molecule has 0 fully saturated rings. The van der Waals surface area contributed by atoms with Gasteiger partial charge in [-0.15, -0.1) is 5.10 Å². The Balaban J connectivity index is 2.30. The van der Waals surface area contributed by atoms with Gasteiger partial charge < -0.3 is 10.5 Å². The number of ether oxygens (including phenoxy) is 1. The average molecular weight is 274 g/mol. The first-order valence-corrected chi connectivity index (χ1v) is 6.62. The molecule has 20 heavy (non-hydrogen) atoms. The van der Waals surface area contributed by atoms with E-state index in [0.717, 1.165) is 23.5 Å². The normalized spacial score (nSPS) is 10.6. The predicted molar refractivity (Wildman–Crippen MR) is 74.6 cm³/mol. The van der Waals surface area contributed by atoms with Crippen molar-refractivity contribution in [1.29, 1.82) is 0 Å². The van der Waals surface area contributed by atoms with E-state index in [0.29, 0.717) is 18.7 Å². The Morgan fingerprint density at radius 2 is 2.00 bits per heavy atom. The number of carbonyl (C=O) groups excluding carboxylic acids is 1. The lowest BCUT2D eigenvalue weighted by Crippen LogP contribution is -2.07. The van der Waals surface area contributed by atoms with Gasteiger partial charge in [0.2, 0.25) is 0 Å². The van der Waals surface area contributed by atoms with Gasteiger partial charge in [-0.1, -0.05) is 12.1 Å². The second-order valence-electron chi connectivity index (χ2n) is 4.22. The summed E-state index contributed by atoms with van der Waals surface area (Å²) in [6.45, 7) is 4.54. The summed E-state index contributed by atoms with van der Waals surface area (Å²) >= 11 is 0. The van der Waals surface area contributed by atoms with Crippen molar-refractivity contribution >= 4 is 5.97 Å². The van der Waals surface area contributed by atoms with Crippen LogP contribution in [0.3, 0.4) is 0 Å². The van der Waals surface area contributed by atoms with Crippen LogP contribution in [0.4, 0.5) is 0 Å². The van der Waals surface area contributed by atoms with E-state index in [4.69, 9.17) is 10.5 Å². The summed E-state index contributed by atoms with van der Waals surface area (Å²) in [5.74, 6) is -0.323. The lowest BCUT2D eigenvalue weighted by atomic mass is 10.2. The maximum atomic E-state index is 11.6. The van der Waals surface area contributed by atoms with E-state index in [1.54, 1.807) is 23.7 Å². The van der Waals surface area contributed by atoms with E-state index in [1.807, 2.05) is 19.1 Å². The third-order valence-corrected chi connectivity index (χ3v) is 2.99. The van der Waals surface area contributed by atoms with Crippen molar-refractivity contribution in [3.8, 4) is 5.69 Å². The predicted octanol–water partition coefficient (Wildman–Crippen LogP) is 1.47. The molecule has 1 aromatic heterocycles. The van der Waals surface area contributed by atoms with Crippen LogP contribution >= 0.6 is 0 Å². The minimum atomic E-state index is -0.323. The minimum Gasteiger partial charge on any atom is -0.462 e. The van der Waals surface area contributed by atoms with E-state index in [-0.39, 0.29) is 5.97 Å². The molecule has 0 aliphatic carbocycles. The highest BCUT2D eigenvalue weighted by molar-refractivity contribution is 5.89. The highest BCUT2D eigenvalue weighted by Gasteiger charge is 2.12. The first-order valence-electron chi connectivity index (χ1n) is 6.62. The molecule has 0 saturated carbocycles. The van der Waals surface area contributed by atoms with E-state index >= 15 is 0 Å². The topological polar surface area (TPSA) is 83.0 Å². The Kier molecular flexibility index (Phi) is 4.47. The number of benzene rings is 1. The highest BCUT2D eigenvalue weighted by atomic mass is 16.5. The van der Waals surface area contributed by atoms with Gasteiger partial charge in [0.25, 0.3) is 0 Å². The van der Waals surface area contributed by atoms with Crippen LogP contribution < -0.4 is 5.73 Å². The number of rotatable bonds is 5. The molecule has 0 spiro atoms. The Hall–Kier alpha value is -2.21. The molecule has 1 aromatic carbocycles. The fourth-order valence-electron chi connectivity index (χ4n) is 2.01. The Labute approximate surface area is 117 Å². The number of esters is 1. The van der Waals surface area contributed by atoms with Gasteiger partial charge in [0.1, 0.15) is 0 Å². The zero-order chi connectivity index (χ0) is 14.5. The molecule has 2 N–H and O–H groups in total. The van der Waals surface area contributed by atoms with Crippen molar-refractivity contribution in [3.63, 3.8) is 0 Å². The van der Waals surface area contributed by atoms with Crippen LogP contribution in [0.1, 0.15) is 35.6 Å². The summed E-state index contributed by atoms with van der Waals surface area (Å²) in [5, 5.41) is 8.17. The lowest BCUT2D eigenvalue weighted by molar-refractivity contribution is 0.0526. The van der Waals surface area contributed by atoms with Crippen LogP contribution in [0, 0.1) is 0 Å². The van der Waals surface area contributed by atoms with Crippen molar-refractivity contribution < 1.29 is 9.53 Å². The molecule has 2 rings (SSSR count). The molecule has 0 bridgehead atoms. The molecule has 0 saturated heterocycles. The maximum Gasteiger partial charge on any atom is 0.338 e. The second-order valence-corrected chi connectivity index (χ2v) is 4.22. The van der Waals surface area contributed by atoms with E-state index in [2.05, 4.69) is 10.3 Å². The van der Waals surface area contributed by atoms with Gasteiger partial charge in [0.05, 0.1) is 29.2 Å². The number of hydrogen-bond donors (Lipinski definition) is 1. The van der Waals surface area contributed by atoms with Gasteiger partial charge in [0.15, 0.2) is 0 Å². The number of carbonyl (C=O) groups is 1. The molecule has 0 unspecified atom stereocenters. The SMILES string of the molecule is CCOC(=O)c1ccc(-n2nnc(CN)c2CC)cc1. The van der Waals surface area contributed by atoms with Crippen molar-refractivity contribution in [2.75, 3.05) is 6.61 Å². The molecule has 2 aromatic rings. The average Bonchev–Trinajstić information content (AvgIpc) is 2.90. The quantitative estimate of drug-likeness (QED) is 0.835. The first kappa shape index (κ1) is 14.2. The van der Waals surface area contributed by atoms with Gasteiger partial charge >= 0.3 is 5.97 Å². The molecule has 0 atom stereocenters. The van der Waals surface area contributed by atoms with E-state index < -0.39 is 0 Å². The summed E-state index contributed by atoms with van der Waals surface area (Å²) in [4.78, 5) is 11.6. The zero-order valence-corrected chi connectivity index (χ0v) is 11.7.